The molecule has 2 unspecified atom stereocenters. The maximum atomic E-state index is 12.8. The molecule has 0 aliphatic carbocycles. The Morgan fingerprint density at radius 2 is 1.95 bits per heavy atom. The minimum atomic E-state index is -1.58. The molecule has 2 aliphatic heterocycles. The zero-order valence-electron chi connectivity index (χ0n) is 12.1. The molecule has 2 amide bonds. The van der Waals surface area contributed by atoms with E-state index in [1.807, 2.05) is 6.07 Å². The van der Waals surface area contributed by atoms with Crippen LogP contribution in [-0.2, 0) is 19.8 Å². The number of amides is 2. The number of anilines is 1. The third-order valence-electron chi connectivity index (χ3n) is 4.21. The third-order valence-corrected chi connectivity index (χ3v) is 4.21. The lowest BCUT2D eigenvalue weighted by molar-refractivity contribution is -0.132. The molecule has 1 spiro atoms. The van der Waals surface area contributed by atoms with Gasteiger partial charge in [-0.25, -0.2) is 0 Å². The summed E-state index contributed by atoms with van der Waals surface area (Å²) in [5, 5.41) is 14.7. The fourth-order valence-corrected chi connectivity index (χ4v) is 3.47. The summed E-state index contributed by atoms with van der Waals surface area (Å²) in [6.45, 7) is 2.90. The molecule has 6 heteroatoms. The Bertz CT molecular complexity index is 803. The highest BCUT2D eigenvalue weighted by molar-refractivity contribution is 6.19. The van der Waals surface area contributed by atoms with Crippen LogP contribution in [0.5, 0.6) is 0 Å². The molecule has 110 valence electrons. The van der Waals surface area contributed by atoms with Gasteiger partial charge in [0.2, 0.25) is 11.8 Å². The van der Waals surface area contributed by atoms with E-state index in [2.05, 4.69) is 10.6 Å². The van der Waals surface area contributed by atoms with E-state index in [0.717, 1.165) is 0 Å². The minimum absolute atomic E-state index is 0.168. The van der Waals surface area contributed by atoms with Gasteiger partial charge in [0.1, 0.15) is 11.3 Å². The zero-order valence-corrected chi connectivity index (χ0v) is 12.1. The van der Waals surface area contributed by atoms with Crippen LogP contribution >= 0.6 is 0 Å². The second-order valence-corrected chi connectivity index (χ2v) is 5.42. The molecule has 0 radical (unpaired) electrons. The van der Waals surface area contributed by atoms with Crippen LogP contribution in [0.1, 0.15) is 19.4 Å². The monoisotopic (exact) mass is 295 g/mol. The average Bonchev–Trinajstić information content (AvgIpc) is 2.72. The van der Waals surface area contributed by atoms with Gasteiger partial charge >= 0.3 is 0 Å². The summed E-state index contributed by atoms with van der Waals surface area (Å²) in [5.74, 6) is -2.72. The number of ketones is 1. The van der Waals surface area contributed by atoms with Gasteiger partial charge in [-0.1, -0.05) is 18.2 Å². The van der Waals surface area contributed by atoms with Gasteiger partial charge in [0.05, 0.1) is 6.07 Å². The normalized spacial score (nSPS) is 26.3. The number of hydrogen-bond donors (Lipinski definition) is 2. The Balaban J connectivity index is 2.44. The Kier molecular flexibility index (Phi) is 2.89. The van der Waals surface area contributed by atoms with Crippen molar-refractivity contribution < 1.29 is 14.4 Å². The minimum Gasteiger partial charge on any atom is -0.328 e. The molecule has 3 rings (SSSR count). The highest BCUT2D eigenvalue weighted by atomic mass is 16.2. The summed E-state index contributed by atoms with van der Waals surface area (Å²) >= 11 is 0. The van der Waals surface area contributed by atoms with Crippen LogP contribution in [0, 0.1) is 17.2 Å². The molecule has 6 nitrogen and oxygen atoms in total. The molecular formula is C16H13N3O3. The lowest BCUT2D eigenvalue weighted by atomic mass is 9.63. The molecule has 0 fully saturated rings. The van der Waals surface area contributed by atoms with Crippen LogP contribution in [0.15, 0.2) is 35.5 Å². The van der Waals surface area contributed by atoms with Crippen LogP contribution in [0.4, 0.5) is 5.69 Å². The van der Waals surface area contributed by atoms with E-state index in [-0.39, 0.29) is 11.4 Å². The number of carbonyl (C=O) groups excluding carboxylic acids is 3. The van der Waals surface area contributed by atoms with E-state index in [0.29, 0.717) is 16.9 Å². The van der Waals surface area contributed by atoms with Gasteiger partial charge in [-0.3, -0.25) is 14.4 Å². The van der Waals surface area contributed by atoms with Crippen molar-refractivity contribution in [2.75, 3.05) is 5.32 Å². The summed E-state index contributed by atoms with van der Waals surface area (Å²) in [6.07, 6.45) is 0. The van der Waals surface area contributed by atoms with Crippen LogP contribution in [0.3, 0.4) is 0 Å². The number of allylic oxidation sites excluding steroid dienone is 1. The molecular weight excluding hydrogens is 282 g/mol. The largest absolute Gasteiger partial charge is 0.328 e. The van der Waals surface area contributed by atoms with Gasteiger partial charge in [0.15, 0.2) is 5.78 Å². The van der Waals surface area contributed by atoms with E-state index in [9.17, 15) is 19.6 Å². The van der Waals surface area contributed by atoms with Crippen molar-refractivity contribution >= 4 is 23.3 Å². The van der Waals surface area contributed by atoms with Gasteiger partial charge in [-0.05, 0) is 25.5 Å². The van der Waals surface area contributed by atoms with Gasteiger partial charge in [-0.2, -0.15) is 5.26 Å². The molecule has 2 atom stereocenters. The molecule has 1 aromatic rings. The third kappa shape index (κ3) is 1.51. The van der Waals surface area contributed by atoms with E-state index in [1.54, 1.807) is 31.2 Å². The number of carbonyl (C=O) groups is 3. The molecule has 0 bridgehead atoms. The number of hydrogen-bond acceptors (Lipinski definition) is 4. The van der Waals surface area contributed by atoms with Crippen LogP contribution < -0.4 is 10.6 Å². The Hall–Kier alpha value is -2.94. The Labute approximate surface area is 126 Å². The lowest BCUT2D eigenvalue weighted by Gasteiger charge is -2.37. The summed E-state index contributed by atoms with van der Waals surface area (Å²) in [6, 6.07) is 8.73. The first-order valence-corrected chi connectivity index (χ1v) is 6.78. The van der Waals surface area contributed by atoms with Gasteiger partial charge < -0.3 is 10.6 Å². The predicted octanol–water partition coefficient (Wildman–Crippen LogP) is 1.01. The van der Waals surface area contributed by atoms with Crippen molar-refractivity contribution in [3.8, 4) is 6.07 Å². The van der Waals surface area contributed by atoms with Gasteiger partial charge in [0, 0.05) is 17.0 Å². The molecule has 0 saturated carbocycles. The van der Waals surface area contributed by atoms with Crippen molar-refractivity contribution in [2.45, 2.75) is 19.3 Å². The number of fused-ring (bicyclic) bond motifs is 2. The summed E-state index contributed by atoms with van der Waals surface area (Å²) < 4.78 is 0. The zero-order chi connectivity index (χ0) is 16.1. The highest BCUT2D eigenvalue weighted by Gasteiger charge is 2.61. The molecule has 22 heavy (non-hydrogen) atoms. The van der Waals surface area contributed by atoms with E-state index >= 15 is 0 Å². The molecule has 2 aliphatic rings. The van der Waals surface area contributed by atoms with Crippen LogP contribution in [0.2, 0.25) is 0 Å². The second kappa shape index (κ2) is 4.53. The molecule has 1 aromatic carbocycles. The van der Waals surface area contributed by atoms with E-state index in [1.165, 1.54) is 6.92 Å². The average molecular weight is 295 g/mol. The standard InChI is InChI=1S/C16H13N3O3/c1-8-13(9(2)20)16(11(7-17)14(21)18-8)10-5-3-4-6-12(10)19-15(16)22/h3-6,11H,1-2H3,(H,18,21)(H,19,22). The fourth-order valence-electron chi connectivity index (χ4n) is 3.47. The number of Topliss-reactive ketones (excluding diaryl/α,β-unsaturated/α-hetero) is 1. The quantitative estimate of drug-likeness (QED) is 0.807. The van der Waals surface area contributed by atoms with Crippen LogP contribution in [-0.4, -0.2) is 17.6 Å². The first kappa shape index (κ1) is 14.0. The van der Waals surface area contributed by atoms with Crippen molar-refractivity contribution in [3.05, 3.63) is 41.1 Å². The number of nitrogens with one attached hydrogen (secondary N) is 2. The lowest BCUT2D eigenvalue weighted by Crippen LogP contribution is -2.55. The topological polar surface area (TPSA) is 99.1 Å². The number of rotatable bonds is 1. The molecule has 2 N–H and O–H groups in total. The SMILES string of the molecule is CC(=O)C1=C(C)NC(=O)C(C#N)C12C(=O)Nc1ccccc12. The van der Waals surface area contributed by atoms with Crippen molar-refractivity contribution in [2.24, 2.45) is 5.92 Å². The van der Waals surface area contributed by atoms with Gasteiger partial charge in [-0.15, -0.1) is 0 Å². The van der Waals surface area contributed by atoms with E-state index < -0.39 is 23.1 Å². The van der Waals surface area contributed by atoms with E-state index in [4.69, 9.17) is 0 Å². The first-order valence-electron chi connectivity index (χ1n) is 6.78. The smallest absolute Gasteiger partial charge is 0.243 e. The van der Waals surface area contributed by atoms with Crippen molar-refractivity contribution in [3.63, 3.8) is 0 Å². The number of benzene rings is 1. The van der Waals surface area contributed by atoms with Crippen molar-refractivity contribution in [1.82, 2.24) is 5.32 Å². The first-order chi connectivity index (χ1) is 10.4. The van der Waals surface area contributed by atoms with Crippen LogP contribution in [0.25, 0.3) is 0 Å². The van der Waals surface area contributed by atoms with Gasteiger partial charge in [0.25, 0.3) is 0 Å². The summed E-state index contributed by atoms with van der Waals surface area (Å²) in [4.78, 5) is 37.2. The Morgan fingerprint density at radius 3 is 2.59 bits per heavy atom. The molecule has 0 saturated heterocycles. The number of nitriles is 1. The number of para-hydroxylation sites is 1. The summed E-state index contributed by atoms with van der Waals surface area (Å²) in [7, 11) is 0. The Morgan fingerprint density at radius 1 is 1.27 bits per heavy atom. The molecule has 0 aromatic heterocycles. The summed E-state index contributed by atoms with van der Waals surface area (Å²) in [5.41, 5.74) is -0.0826. The highest BCUT2D eigenvalue weighted by Crippen LogP contribution is 2.50. The second-order valence-electron chi connectivity index (χ2n) is 5.42. The number of nitrogens with zero attached hydrogens (tertiary/aromatic N) is 1. The predicted molar refractivity (Wildman–Crippen MR) is 77.4 cm³/mol. The molecule has 2 heterocycles. The van der Waals surface area contributed by atoms with Crippen molar-refractivity contribution in [1.29, 1.82) is 5.26 Å². The fraction of sp³-hybridized carbons (Fsp3) is 0.250. The maximum absolute atomic E-state index is 12.8. The maximum Gasteiger partial charge on any atom is 0.243 e.